The van der Waals surface area contributed by atoms with Crippen molar-refractivity contribution in [3.8, 4) is 5.75 Å². The van der Waals surface area contributed by atoms with Gasteiger partial charge in [-0.2, -0.15) is 0 Å². The Kier molecular flexibility index (Phi) is 4.05. The van der Waals surface area contributed by atoms with Crippen molar-refractivity contribution in [3.05, 3.63) is 66.5 Å². The smallest absolute Gasteiger partial charge is 0.260 e. The molecule has 0 aliphatic rings. The number of aromatic nitrogens is 1. The molecule has 130 valence electrons. The number of furan rings is 1. The number of ether oxygens (including phenoxy) is 1. The van der Waals surface area contributed by atoms with Crippen molar-refractivity contribution >= 4 is 33.5 Å². The van der Waals surface area contributed by atoms with Gasteiger partial charge in [0.1, 0.15) is 16.9 Å². The number of anilines is 1. The Hall–Kier alpha value is -3.34. The lowest BCUT2D eigenvalue weighted by Crippen LogP contribution is -2.16. The van der Waals surface area contributed by atoms with Crippen LogP contribution in [0.3, 0.4) is 0 Å². The minimum atomic E-state index is -0.246. The second kappa shape index (κ2) is 6.52. The van der Waals surface area contributed by atoms with Gasteiger partial charge < -0.3 is 14.5 Å². The van der Waals surface area contributed by atoms with E-state index in [0.29, 0.717) is 22.6 Å². The first kappa shape index (κ1) is 16.1. The number of carbonyl (C=O) groups excluding carboxylic acids is 1. The molecule has 1 amide bonds. The van der Waals surface area contributed by atoms with Crippen LogP contribution >= 0.6 is 0 Å². The van der Waals surface area contributed by atoms with Crippen molar-refractivity contribution in [2.75, 3.05) is 5.32 Å². The first-order valence-corrected chi connectivity index (χ1v) is 8.46. The van der Waals surface area contributed by atoms with Crippen molar-refractivity contribution in [2.24, 2.45) is 0 Å². The van der Waals surface area contributed by atoms with Gasteiger partial charge in [-0.05, 0) is 44.2 Å². The van der Waals surface area contributed by atoms with Crippen LogP contribution in [0.5, 0.6) is 5.75 Å². The van der Waals surface area contributed by atoms with Gasteiger partial charge in [0.15, 0.2) is 0 Å². The SMILES string of the molecule is CC(C)Oc1ccc2oc3ccccc3c2c1C(=O)Nc1ccncc1. The minimum absolute atomic E-state index is 0.0573. The molecule has 0 atom stereocenters. The number of fused-ring (bicyclic) bond motifs is 3. The van der Waals surface area contributed by atoms with E-state index in [1.54, 1.807) is 30.6 Å². The first-order chi connectivity index (χ1) is 12.6. The molecule has 0 aliphatic heterocycles. The van der Waals surface area contributed by atoms with Crippen molar-refractivity contribution < 1.29 is 13.9 Å². The van der Waals surface area contributed by atoms with E-state index in [4.69, 9.17) is 9.15 Å². The monoisotopic (exact) mass is 346 g/mol. The zero-order valence-corrected chi connectivity index (χ0v) is 14.5. The molecule has 0 saturated heterocycles. The van der Waals surface area contributed by atoms with Gasteiger partial charge in [-0.1, -0.05) is 18.2 Å². The summed E-state index contributed by atoms with van der Waals surface area (Å²) in [6.07, 6.45) is 3.21. The molecule has 2 aromatic carbocycles. The van der Waals surface area contributed by atoms with Gasteiger partial charge in [0, 0.05) is 28.9 Å². The van der Waals surface area contributed by atoms with Gasteiger partial charge in [-0.3, -0.25) is 9.78 Å². The summed E-state index contributed by atoms with van der Waals surface area (Å²) in [6.45, 7) is 3.87. The van der Waals surface area contributed by atoms with Gasteiger partial charge in [-0.15, -0.1) is 0 Å². The highest BCUT2D eigenvalue weighted by Crippen LogP contribution is 2.36. The fourth-order valence-electron chi connectivity index (χ4n) is 3.00. The fourth-order valence-corrected chi connectivity index (χ4v) is 3.00. The number of hydrogen-bond donors (Lipinski definition) is 1. The third-order valence-corrected chi connectivity index (χ3v) is 4.03. The lowest BCUT2D eigenvalue weighted by molar-refractivity contribution is 0.102. The lowest BCUT2D eigenvalue weighted by atomic mass is 10.0. The number of nitrogens with zero attached hydrogens (tertiary/aromatic N) is 1. The van der Waals surface area contributed by atoms with Gasteiger partial charge in [-0.25, -0.2) is 0 Å². The van der Waals surface area contributed by atoms with E-state index < -0.39 is 0 Å². The number of carbonyl (C=O) groups is 1. The molecular weight excluding hydrogens is 328 g/mol. The maximum atomic E-state index is 13.1. The predicted octanol–water partition coefficient (Wildman–Crippen LogP) is 5.02. The molecule has 26 heavy (non-hydrogen) atoms. The fraction of sp³-hybridized carbons (Fsp3) is 0.143. The Balaban J connectivity index is 1.92. The molecule has 0 saturated carbocycles. The number of pyridine rings is 1. The molecule has 1 N–H and O–H groups in total. The molecule has 0 unspecified atom stereocenters. The van der Waals surface area contributed by atoms with Crippen molar-refractivity contribution in [1.82, 2.24) is 4.98 Å². The second-order valence-corrected chi connectivity index (χ2v) is 6.27. The molecule has 2 heterocycles. The summed E-state index contributed by atoms with van der Waals surface area (Å²) >= 11 is 0. The Bertz CT molecular complexity index is 1080. The summed E-state index contributed by atoms with van der Waals surface area (Å²) in [7, 11) is 0. The highest BCUT2D eigenvalue weighted by molar-refractivity contribution is 6.21. The van der Waals surface area contributed by atoms with Gasteiger partial charge in [0.25, 0.3) is 5.91 Å². The molecule has 4 aromatic rings. The second-order valence-electron chi connectivity index (χ2n) is 6.27. The highest BCUT2D eigenvalue weighted by Gasteiger charge is 2.22. The summed E-state index contributed by atoms with van der Waals surface area (Å²) in [5.41, 5.74) is 2.53. The van der Waals surface area contributed by atoms with E-state index in [9.17, 15) is 4.79 Å². The molecule has 2 aromatic heterocycles. The third-order valence-electron chi connectivity index (χ3n) is 4.03. The van der Waals surface area contributed by atoms with Crippen LogP contribution in [0.4, 0.5) is 5.69 Å². The van der Waals surface area contributed by atoms with E-state index in [1.165, 1.54) is 0 Å². The number of hydrogen-bond acceptors (Lipinski definition) is 4. The van der Waals surface area contributed by atoms with Crippen LogP contribution < -0.4 is 10.1 Å². The van der Waals surface area contributed by atoms with Crippen LogP contribution in [0.1, 0.15) is 24.2 Å². The quantitative estimate of drug-likeness (QED) is 0.563. The van der Waals surface area contributed by atoms with Crippen LogP contribution in [-0.4, -0.2) is 17.0 Å². The number of amides is 1. The molecule has 0 bridgehead atoms. The molecule has 0 radical (unpaired) electrons. The Morgan fingerprint density at radius 1 is 1.04 bits per heavy atom. The van der Waals surface area contributed by atoms with Crippen LogP contribution in [0.15, 0.2) is 65.3 Å². The van der Waals surface area contributed by atoms with Gasteiger partial charge in [0.2, 0.25) is 0 Å². The van der Waals surface area contributed by atoms with Crippen LogP contribution in [0.25, 0.3) is 21.9 Å². The minimum Gasteiger partial charge on any atom is -0.490 e. The third kappa shape index (κ3) is 2.88. The molecule has 0 spiro atoms. The Morgan fingerprint density at radius 3 is 2.58 bits per heavy atom. The molecule has 5 heteroatoms. The molecule has 0 fully saturated rings. The summed E-state index contributed by atoms with van der Waals surface area (Å²) in [5, 5.41) is 4.56. The lowest BCUT2D eigenvalue weighted by Gasteiger charge is -2.15. The number of rotatable bonds is 4. The number of nitrogens with one attached hydrogen (secondary N) is 1. The molecule has 0 aliphatic carbocycles. The summed E-state index contributed by atoms with van der Waals surface area (Å²) in [4.78, 5) is 17.1. The summed E-state index contributed by atoms with van der Waals surface area (Å²) in [5.74, 6) is 0.287. The van der Waals surface area contributed by atoms with E-state index in [-0.39, 0.29) is 12.0 Å². The van der Waals surface area contributed by atoms with Crippen LogP contribution in [0, 0.1) is 0 Å². The topological polar surface area (TPSA) is 64.4 Å². The molecule has 5 nitrogen and oxygen atoms in total. The first-order valence-electron chi connectivity index (χ1n) is 8.46. The average Bonchev–Trinajstić information content (AvgIpc) is 3.00. The van der Waals surface area contributed by atoms with E-state index in [1.807, 2.05) is 44.2 Å². The number of benzene rings is 2. The summed E-state index contributed by atoms with van der Waals surface area (Å²) < 4.78 is 11.8. The Labute approximate surface area is 150 Å². The van der Waals surface area contributed by atoms with E-state index in [0.717, 1.165) is 16.4 Å². The van der Waals surface area contributed by atoms with Gasteiger partial charge >= 0.3 is 0 Å². The molecule has 4 rings (SSSR count). The molecular formula is C21H18N2O3. The van der Waals surface area contributed by atoms with Crippen LogP contribution in [0.2, 0.25) is 0 Å². The zero-order valence-electron chi connectivity index (χ0n) is 14.5. The normalized spacial score (nSPS) is 11.2. The maximum absolute atomic E-state index is 13.1. The van der Waals surface area contributed by atoms with Crippen molar-refractivity contribution in [3.63, 3.8) is 0 Å². The van der Waals surface area contributed by atoms with Gasteiger partial charge in [0.05, 0.1) is 11.7 Å². The standard InChI is InChI=1S/C21H18N2O3/c1-13(2)25-18-8-7-17-19(15-5-3-4-6-16(15)26-17)20(18)21(24)23-14-9-11-22-12-10-14/h3-13H,1-2H3,(H,22,23,24). The predicted molar refractivity (Wildman–Crippen MR) is 102 cm³/mol. The van der Waals surface area contributed by atoms with Crippen molar-refractivity contribution in [1.29, 1.82) is 0 Å². The van der Waals surface area contributed by atoms with E-state index in [2.05, 4.69) is 10.3 Å². The van der Waals surface area contributed by atoms with Crippen molar-refractivity contribution in [2.45, 2.75) is 20.0 Å². The van der Waals surface area contributed by atoms with E-state index >= 15 is 0 Å². The highest BCUT2D eigenvalue weighted by atomic mass is 16.5. The zero-order chi connectivity index (χ0) is 18.1. The maximum Gasteiger partial charge on any atom is 0.260 e. The van der Waals surface area contributed by atoms with Crippen LogP contribution in [-0.2, 0) is 0 Å². The Morgan fingerprint density at radius 2 is 1.81 bits per heavy atom. The number of para-hydroxylation sites is 1. The largest absolute Gasteiger partial charge is 0.490 e. The summed E-state index contributed by atoms with van der Waals surface area (Å²) in [6, 6.07) is 14.8. The average molecular weight is 346 g/mol.